The summed E-state index contributed by atoms with van der Waals surface area (Å²) >= 11 is 0. The van der Waals surface area contributed by atoms with Gasteiger partial charge < -0.3 is 16.4 Å². The topological polar surface area (TPSA) is 67.2 Å². The molecule has 1 aromatic carbocycles. The van der Waals surface area contributed by atoms with E-state index in [4.69, 9.17) is 5.73 Å². The highest BCUT2D eigenvalue weighted by Crippen LogP contribution is 2.28. The van der Waals surface area contributed by atoms with Gasteiger partial charge in [-0.3, -0.25) is 4.79 Å². The van der Waals surface area contributed by atoms with Crippen LogP contribution in [0.5, 0.6) is 0 Å². The van der Waals surface area contributed by atoms with Gasteiger partial charge in [-0.1, -0.05) is 6.07 Å². The van der Waals surface area contributed by atoms with Crippen LogP contribution in [-0.2, 0) is 0 Å². The Hall–Kier alpha value is -1.55. The number of amides is 1. The van der Waals surface area contributed by atoms with Crippen LogP contribution >= 0.6 is 0 Å². The molecule has 1 amide bonds. The number of nitrogens with one attached hydrogen (secondary N) is 2. The second-order valence-electron chi connectivity index (χ2n) is 7.10. The third-order valence-electron chi connectivity index (χ3n) is 3.67. The summed E-state index contributed by atoms with van der Waals surface area (Å²) < 4.78 is 0. The third-order valence-corrected chi connectivity index (χ3v) is 3.67. The predicted octanol–water partition coefficient (Wildman–Crippen LogP) is 2.31. The molecule has 0 unspecified atom stereocenters. The van der Waals surface area contributed by atoms with Gasteiger partial charge in [0, 0.05) is 28.4 Å². The number of hydrogen-bond acceptors (Lipinski definition) is 3. The molecule has 1 aliphatic rings. The van der Waals surface area contributed by atoms with Crippen molar-refractivity contribution < 1.29 is 4.79 Å². The van der Waals surface area contributed by atoms with Gasteiger partial charge in [0.15, 0.2) is 0 Å². The van der Waals surface area contributed by atoms with Crippen LogP contribution in [0.1, 0.15) is 50.9 Å². The highest BCUT2D eigenvalue weighted by atomic mass is 16.1. The molecule has 1 fully saturated rings. The van der Waals surface area contributed by atoms with Crippen LogP contribution in [0.2, 0.25) is 0 Å². The average molecular weight is 275 g/mol. The first kappa shape index (κ1) is 14.9. The van der Waals surface area contributed by atoms with Gasteiger partial charge in [-0.25, -0.2) is 0 Å². The Bertz CT molecular complexity index is 492. The Morgan fingerprint density at radius 1 is 1.25 bits per heavy atom. The fourth-order valence-corrected chi connectivity index (χ4v) is 3.37. The van der Waals surface area contributed by atoms with Gasteiger partial charge in [0.1, 0.15) is 0 Å². The van der Waals surface area contributed by atoms with Crippen molar-refractivity contribution in [1.82, 2.24) is 10.6 Å². The molecule has 1 heterocycles. The van der Waals surface area contributed by atoms with Gasteiger partial charge in [0.2, 0.25) is 0 Å². The van der Waals surface area contributed by atoms with E-state index >= 15 is 0 Å². The highest BCUT2D eigenvalue weighted by Gasteiger charge is 2.38. The van der Waals surface area contributed by atoms with Crippen molar-refractivity contribution in [2.24, 2.45) is 0 Å². The smallest absolute Gasteiger partial charge is 0.251 e. The maximum Gasteiger partial charge on any atom is 0.251 e. The molecule has 0 saturated carbocycles. The summed E-state index contributed by atoms with van der Waals surface area (Å²) in [7, 11) is 0. The van der Waals surface area contributed by atoms with E-state index in [1.807, 2.05) is 0 Å². The zero-order valence-electron chi connectivity index (χ0n) is 12.8. The van der Waals surface area contributed by atoms with E-state index in [1.165, 1.54) is 0 Å². The summed E-state index contributed by atoms with van der Waals surface area (Å²) in [5, 5.41) is 6.75. The molecule has 0 atom stereocenters. The second-order valence-corrected chi connectivity index (χ2v) is 7.10. The quantitative estimate of drug-likeness (QED) is 0.726. The molecule has 4 N–H and O–H groups in total. The van der Waals surface area contributed by atoms with Crippen LogP contribution in [0, 0.1) is 0 Å². The Kier molecular flexibility index (Phi) is 3.78. The number of piperidine rings is 1. The van der Waals surface area contributed by atoms with Crippen molar-refractivity contribution >= 4 is 11.6 Å². The zero-order chi connectivity index (χ0) is 15.0. The first-order valence-electron chi connectivity index (χ1n) is 7.13. The van der Waals surface area contributed by atoms with Crippen LogP contribution in [-0.4, -0.2) is 23.0 Å². The number of rotatable bonds is 2. The maximum absolute atomic E-state index is 12.3. The van der Waals surface area contributed by atoms with Gasteiger partial charge in [-0.2, -0.15) is 0 Å². The molecule has 1 aliphatic heterocycles. The maximum atomic E-state index is 12.3. The summed E-state index contributed by atoms with van der Waals surface area (Å²) in [6.07, 6.45) is 1.84. The minimum Gasteiger partial charge on any atom is -0.399 e. The summed E-state index contributed by atoms with van der Waals surface area (Å²) in [4.78, 5) is 12.3. The van der Waals surface area contributed by atoms with Crippen molar-refractivity contribution in [3.8, 4) is 0 Å². The number of benzene rings is 1. The van der Waals surface area contributed by atoms with E-state index in [-0.39, 0.29) is 23.0 Å². The van der Waals surface area contributed by atoms with Gasteiger partial charge >= 0.3 is 0 Å². The zero-order valence-corrected chi connectivity index (χ0v) is 12.8. The van der Waals surface area contributed by atoms with E-state index in [1.54, 1.807) is 24.3 Å². The molecule has 20 heavy (non-hydrogen) atoms. The molecule has 4 heteroatoms. The van der Waals surface area contributed by atoms with Crippen LogP contribution in [0.15, 0.2) is 24.3 Å². The van der Waals surface area contributed by atoms with Crippen molar-refractivity contribution in [3.05, 3.63) is 29.8 Å². The minimum atomic E-state index is -0.0456. The van der Waals surface area contributed by atoms with Crippen LogP contribution in [0.4, 0.5) is 5.69 Å². The molecule has 4 nitrogen and oxygen atoms in total. The molecule has 0 aromatic heterocycles. The van der Waals surface area contributed by atoms with Gasteiger partial charge in [-0.15, -0.1) is 0 Å². The third kappa shape index (κ3) is 3.73. The van der Waals surface area contributed by atoms with E-state index in [9.17, 15) is 4.79 Å². The van der Waals surface area contributed by atoms with E-state index in [0.29, 0.717) is 11.3 Å². The lowest BCUT2D eigenvalue weighted by atomic mass is 9.79. The largest absolute Gasteiger partial charge is 0.399 e. The van der Waals surface area contributed by atoms with Gasteiger partial charge in [0.25, 0.3) is 5.91 Å². The van der Waals surface area contributed by atoms with Crippen LogP contribution in [0.25, 0.3) is 0 Å². The molecule has 0 radical (unpaired) electrons. The van der Waals surface area contributed by atoms with Crippen molar-refractivity contribution in [2.45, 2.75) is 57.7 Å². The Labute approximate surface area is 121 Å². The highest BCUT2D eigenvalue weighted by molar-refractivity contribution is 5.95. The molecular weight excluding hydrogens is 250 g/mol. The van der Waals surface area contributed by atoms with Gasteiger partial charge in [-0.05, 0) is 58.7 Å². The number of carbonyl (C=O) groups is 1. The van der Waals surface area contributed by atoms with Crippen molar-refractivity contribution in [3.63, 3.8) is 0 Å². The lowest BCUT2D eigenvalue weighted by molar-refractivity contribution is 0.0873. The first-order valence-corrected chi connectivity index (χ1v) is 7.13. The van der Waals surface area contributed by atoms with E-state index in [2.05, 4.69) is 38.3 Å². The fraction of sp³-hybridized carbons (Fsp3) is 0.562. The summed E-state index contributed by atoms with van der Waals surface area (Å²) in [6.45, 7) is 8.70. The van der Waals surface area contributed by atoms with Gasteiger partial charge in [0.05, 0.1) is 0 Å². The second kappa shape index (κ2) is 5.09. The van der Waals surface area contributed by atoms with Crippen LogP contribution < -0.4 is 16.4 Å². The fourth-order valence-electron chi connectivity index (χ4n) is 3.37. The first-order chi connectivity index (χ1) is 9.17. The van der Waals surface area contributed by atoms with E-state index < -0.39 is 0 Å². The standard InChI is InChI=1S/C16H25N3O/c1-15(2)9-13(10-16(3,4)19-15)18-14(20)11-6-5-7-12(17)8-11/h5-8,13,19H,9-10,17H2,1-4H3,(H,18,20). The van der Waals surface area contributed by atoms with Crippen molar-refractivity contribution in [1.29, 1.82) is 0 Å². The summed E-state index contributed by atoms with van der Waals surface area (Å²) in [5.74, 6) is -0.0456. The number of hydrogen-bond donors (Lipinski definition) is 3. The summed E-state index contributed by atoms with van der Waals surface area (Å²) in [6, 6.07) is 7.28. The monoisotopic (exact) mass is 275 g/mol. The molecule has 110 valence electrons. The van der Waals surface area contributed by atoms with Crippen molar-refractivity contribution in [2.75, 3.05) is 5.73 Å². The molecule has 1 saturated heterocycles. The Morgan fingerprint density at radius 2 is 1.85 bits per heavy atom. The molecule has 1 aromatic rings. The molecule has 0 bridgehead atoms. The number of nitrogen functional groups attached to an aromatic ring is 1. The SMILES string of the molecule is CC1(C)CC(NC(=O)c2cccc(N)c2)CC(C)(C)N1. The van der Waals surface area contributed by atoms with Crippen LogP contribution in [0.3, 0.4) is 0 Å². The molecule has 0 spiro atoms. The average Bonchev–Trinajstić information content (AvgIpc) is 2.24. The van der Waals surface area contributed by atoms with E-state index in [0.717, 1.165) is 12.8 Å². The number of nitrogens with two attached hydrogens (primary N) is 1. The Balaban J connectivity index is 2.08. The predicted molar refractivity (Wildman–Crippen MR) is 82.6 cm³/mol. The lowest BCUT2D eigenvalue weighted by Gasteiger charge is -2.46. The lowest BCUT2D eigenvalue weighted by Crippen LogP contribution is -2.62. The number of anilines is 1. The number of carbonyl (C=O) groups excluding carboxylic acids is 1. The Morgan fingerprint density at radius 3 is 2.40 bits per heavy atom. The summed E-state index contributed by atoms with van der Waals surface area (Å²) in [5.41, 5.74) is 7.01. The molecule has 0 aliphatic carbocycles. The molecule has 2 rings (SSSR count). The molecular formula is C16H25N3O. The normalized spacial score (nSPS) is 21.4. The minimum absolute atomic E-state index is 0.0232.